The van der Waals surface area contributed by atoms with E-state index in [1.165, 1.54) is 0 Å². The molecule has 0 saturated heterocycles. The molecule has 3 nitrogen and oxygen atoms in total. The topological polar surface area (TPSA) is 41.5 Å². The van der Waals surface area contributed by atoms with Crippen molar-refractivity contribution in [3.63, 3.8) is 0 Å². The molecule has 4 heteroatoms. The average Bonchev–Trinajstić information content (AvgIpc) is 2.34. The molecule has 1 rings (SSSR count). The van der Waals surface area contributed by atoms with Crippen molar-refractivity contribution in [3.8, 4) is 0 Å². The first-order valence-corrected chi connectivity index (χ1v) is 6.11. The minimum Gasteiger partial charge on any atom is -0.273 e. The van der Waals surface area contributed by atoms with Crippen LogP contribution in [0.2, 0.25) is 5.02 Å². The molecule has 1 amide bonds. The molecule has 0 atom stereocenters. The molecule has 1 N–H and O–H groups in total. The lowest BCUT2D eigenvalue weighted by Gasteiger charge is -2.04. The largest absolute Gasteiger partial charge is 0.273 e. The summed E-state index contributed by atoms with van der Waals surface area (Å²) in [7, 11) is 0. The van der Waals surface area contributed by atoms with Gasteiger partial charge < -0.3 is 0 Å². The summed E-state index contributed by atoms with van der Waals surface area (Å²) in [5, 5.41) is 4.68. The standard InChI is InChI=1S/C13H17ClN2O/c1-3-4-9-13(17)16-15-10(2)11-7-5-6-8-12(11)14/h5-8H,3-4,9H2,1-2H3,(H,16,17)/b15-10+. The monoisotopic (exact) mass is 252 g/mol. The number of hydrogen-bond acceptors (Lipinski definition) is 2. The second-order valence-corrected chi connectivity index (χ2v) is 4.22. The summed E-state index contributed by atoms with van der Waals surface area (Å²) >= 11 is 6.02. The fourth-order valence-corrected chi connectivity index (χ4v) is 1.63. The number of amides is 1. The molecule has 17 heavy (non-hydrogen) atoms. The van der Waals surface area contributed by atoms with Crippen LogP contribution >= 0.6 is 11.6 Å². The molecule has 0 aliphatic heterocycles. The normalized spacial score (nSPS) is 11.4. The Morgan fingerprint density at radius 2 is 2.12 bits per heavy atom. The second kappa shape index (κ2) is 7.07. The van der Waals surface area contributed by atoms with Gasteiger partial charge in [-0.2, -0.15) is 5.10 Å². The average molecular weight is 253 g/mol. The molecule has 0 unspecified atom stereocenters. The van der Waals surface area contributed by atoms with Gasteiger partial charge in [0.25, 0.3) is 0 Å². The molecule has 0 heterocycles. The lowest BCUT2D eigenvalue weighted by molar-refractivity contribution is -0.121. The van der Waals surface area contributed by atoms with Gasteiger partial charge in [-0.3, -0.25) is 4.79 Å². The van der Waals surface area contributed by atoms with E-state index >= 15 is 0 Å². The molecule has 0 aliphatic rings. The van der Waals surface area contributed by atoms with E-state index in [1.807, 2.05) is 32.0 Å². The van der Waals surface area contributed by atoms with Crippen LogP contribution in [0, 0.1) is 0 Å². The van der Waals surface area contributed by atoms with Gasteiger partial charge in [0.2, 0.25) is 5.91 Å². The van der Waals surface area contributed by atoms with Crippen molar-refractivity contribution in [2.75, 3.05) is 0 Å². The Morgan fingerprint density at radius 1 is 1.41 bits per heavy atom. The van der Waals surface area contributed by atoms with Crippen LogP contribution in [0.3, 0.4) is 0 Å². The Hall–Kier alpha value is -1.35. The van der Waals surface area contributed by atoms with Crippen molar-refractivity contribution in [1.82, 2.24) is 5.43 Å². The van der Waals surface area contributed by atoms with Crippen molar-refractivity contribution >= 4 is 23.2 Å². The third-order valence-corrected chi connectivity index (χ3v) is 2.70. The molecule has 0 radical (unpaired) electrons. The van der Waals surface area contributed by atoms with Gasteiger partial charge in [0.15, 0.2) is 0 Å². The number of unbranched alkanes of at least 4 members (excludes halogenated alkanes) is 1. The number of benzene rings is 1. The fourth-order valence-electron chi connectivity index (χ4n) is 1.35. The highest BCUT2D eigenvalue weighted by molar-refractivity contribution is 6.34. The van der Waals surface area contributed by atoms with E-state index in [1.54, 1.807) is 6.07 Å². The van der Waals surface area contributed by atoms with Gasteiger partial charge in [-0.15, -0.1) is 0 Å². The summed E-state index contributed by atoms with van der Waals surface area (Å²) in [5.74, 6) is -0.0572. The van der Waals surface area contributed by atoms with Crippen LogP contribution < -0.4 is 5.43 Å². The molecule has 0 spiro atoms. The molecular weight excluding hydrogens is 236 g/mol. The minimum atomic E-state index is -0.0572. The molecule has 0 fully saturated rings. The van der Waals surface area contributed by atoms with Gasteiger partial charge in [-0.25, -0.2) is 5.43 Å². The summed E-state index contributed by atoms with van der Waals surface area (Å²) < 4.78 is 0. The van der Waals surface area contributed by atoms with Gasteiger partial charge in [-0.1, -0.05) is 43.1 Å². The maximum absolute atomic E-state index is 11.4. The van der Waals surface area contributed by atoms with E-state index in [-0.39, 0.29) is 5.91 Å². The van der Waals surface area contributed by atoms with Crippen LogP contribution in [0.4, 0.5) is 0 Å². The Kier molecular flexibility index (Phi) is 5.70. The summed E-state index contributed by atoms with van der Waals surface area (Å²) in [4.78, 5) is 11.4. The molecule has 1 aromatic rings. The zero-order valence-electron chi connectivity index (χ0n) is 10.2. The molecule has 0 bridgehead atoms. The van der Waals surface area contributed by atoms with E-state index < -0.39 is 0 Å². The Morgan fingerprint density at radius 3 is 2.76 bits per heavy atom. The predicted molar refractivity (Wildman–Crippen MR) is 71.3 cm³/mol. The summed E-state index contributed by atoms with van der Waals surface area (Å²) in [5.41, 5.74) is 4.08. The van der Waals surface area contributed by atoms with E-state index in [0.717, 1.165) is 18.4 Å². The maximum atomic E-state index is 11.4. The third kappa shape index (κ3) is 4.57. The molecular formula is C13H17ClN2O. The highest BCUT2D eigenvalue weighted by Crippen LogP contribution is 2.15. The first-order chi connectivity index (χ1) is 8.15. The first-order valence-electron chi connectivity index (χ1n) is 5.73. The van der Waals surface area contributed by atoms with Gasteiger partial charge in [-0.05, 0) is 19.4 Å². The summed E-state index contributed by atoms with van der Waals surface area (Å²) in [6, 6.07) is 7.42. The van der Waals surface area contributed by atoms with Crippen LogP contribution in [-0.4, -0.2) is 11.6 Å². The molecule has 0 aliphatic carbocycles. The highest BCUT2D eigenvalue weighted by atomic mass is 35.5. The summed E-state index contributed by atoms with van der Waals surface area (Å²) in [6.07, 6.45) is 2.39. The quantitative estimate of drug-likeness (QED) is 0.634. The number of nitrogens with one attached hydrogen (secondary N) is 1. The van der Waals surface area contributed by atoms with Crippen LogP contribution in [0.15, 0.2) is 29.4 Å². The van der Waals surface area contributed by atoms with Crippen LogP contribution in [-0.2, 0) is 4.79 Å². The van der Waals surface area contributed by atoms with E-state index in [2.05, 4.69) is 10.5 Å². The SMILES string of the molecule is CCCCC(=O)N/N=C(\C)c1ccccc1Cl. The number of carbonyl (C=O) groups excluding carboxylic acids is 1. The third-order valence-electron chi connectivity index (χ3n) is 2.37. The van der Waals surface area contributed by atoms with Crippen LogP contribution in [0.5, 0.6) is 0 Å². The number of nitrogens with zero attached hydrogens (tertiary/aromatic N) is 1. The fraction of sp³-hybridized carbons (Fsp3) is 0.385. The van der Waals surface area contributed by atoms with E-state index in [0.29, 0.717) is 17.2 Å². The van der Waals surface area contributed by atoms with Crippen molar-refractivity contribution in [2.45, 2.75) is 33.1 Å². The minimum absolute atomic E-state index is 0.0572. The highest BCUT2D eigenvalue weighted by Gasteiger charge is 2.03. The smallest absolute Gasteiger partial charge is 0.240 e. The van der Waals surface area contributed by atoms with Crippen LogP contribution in [0.25, 0.3) is 0 Å². The van der Waals surface area contributed by atoms with Crippen molar-refractivity contribution in [1.29, 1.82) is 0 Å². The first kappa shape index (κ1) is 13.7. The number of hydrazone groups is 1. The number of halogens is 1. The van der Waals surface area contributed by atoms with Crippen molar-refractivity contribution in [3.05, 3.63) is 34.9 Å². The van der Waals surface area contributed by atoms with Gasteiger partial charge >= 0.3 is 0 Å². The van der Waals surface area contributed by atoms with Gasteiger partial charge in [0.05, 0.1) is 5.71 Å². The molecule has 0 saturated carbocycles. The van der Waals surface area contributed by atoms with Crippen molar-refractivity contribution in [2.24, 2.45) is 5.10 Å². The van der Waals surface area contributed by atoms with E-state index in [9.17, 15) is 4.79 Å². The number of hydrogen-bond donors (Lipinski definition) is 1. The Balaban J connectivity index is 2.61. The number of carbonyl (C=O) groups is 1. The Labute approximate surface area is 107 Å². The lowest BCUT2D eigenvalue weighted by Crippen LogP contribution is -2.18. The van der Waals surface area contributed by atoms with Crippen LogP contribution in [0.1, 0.15) is 38.7 Å². The predicted octanol–water partition coefficient (Wildman–Crippen LogP) is 3.37. The van der Waals surface area contributed by atoms with Gasteiger partial charge in [0.1, 0.15) is 0 Å². The van der Waals surface area contributed by atoms with E-state index in [4.69, 9.17) is 11.6 Å². The summed E-state index contributed by atoms with van der Waals surface area (Å²) in [6.45, 7) is 3.87. The molecule has 92 valence electrons. The molecule has 1 aromatic carbocycles. The number of rotatable bonds is 5. The molecule has 0 aromatic heterocycles. The zero-order chi connectivity index (χ0) is 12.7. The van der Waals surface area contributed by atoms with Crippen molar-refractivity contribution < 1.29 is 4.79 Å². The van der Waals surface area contributed by atoms with Gasteiger partial charge in [0, 0.05) is 17.0 Å². The zero-order valence-corrected chi connectivity index (χ0v) is 10.9. The lowest BCUT2D eigenvalue weighted by atomic mass is 10.1. The maximum Gasteiger partial charge on any atom is 0.240 e. The Bertz CT molecular complexity index is 416. The second-order valence-electron chi connectivity index (χ2n) is 3.82.